The average Bonchev–Trinajstić information content (AvgIpc) is 2.78. The highest BCUT2D eigenvalue weighted by Gasteiger charge is 2.24. The predicted molar refractivity (Wildman–Crippen MR) is 123 cm³/mol. The molecule has 0 atom stereocenters. The van der Waals surface area contributed by atoms with Gasteiger partial charge in [0.05, 0.1) is 29.5 Å². The smallest absolute Gasteiger partial charge is 0.270 e. The SMILES string of the molecule is N#Cc1ccc(O[C@H]2CC[C@H](NC(=O)c3ccc(OCCCCBr)cn3)CC2)cc1Cl. The number of pyridine rings is 1. The van der Waals surface area contributed by atoms with Gasteiger partial charge in [0, 0.05) is 17.4 Å². The van der Waals surface area contributed by atoms with Crippen LogP contribution >= 0.6 is 27.5 Å². The number of aromatic nitrogens is 1. The Morgan fingerprint density at radius 1 is 1.19 bits per heavy atom. The highest BCUT2D eigenvalue weighted by Crippen LogP contribution is 2.27. The van der Waals surface area contributed by atoms with Crippen LogP contribution in [0.25, 0.3) is 0 Å². The highest BCUT2D eigenvalue weighted by molar-refractivity contribution is 9.09. The van der Waals surface area contributed by atoms with E-state index in [0.717, 1.165) is 43.9 Å². The van der Waals surface area contributed by atoms with Crippen molar-refractivity contribution in [1.82, 2.24) is 10.3 Å². The third-order valence-electron chi connectivity index (χ3n) is 5.14. The molecule has 6 nitrogen and oxygen atoms in total. The first-order valence-corrected chi connectivity index (χ1v) is 11.9. The number of carbonyl (C=O) groups excluding carboxylic acids is 1. The number of amides is 1. The number of unbranched alkanes of at least 4 members (excludes halogenated alkanes) is 1. The Labute approximate surface area is 196 Å². The fourth-order valence-corrected chi connectivity index (χ4v) is 4.03. The van der Waals surface area contributed by atoms with Crippen molar-refractivity contribution in [2.75, 3.05) is 11.9 Å². The van der Waals surface area contributed by atoms with E-state index in [1.54, 1.807) is 36.5 Å². The van der Waals surface area contributed by atoms with Crippen LogP contribution in [-0.4, -0.2) is 35.0 Å². The van der Waals surface area contributed by atoms with Crippen molar-refractivity contribution < 1.29 is 14.3 Å². The second kappa shape index (κ2) is 11.9. The van der Waals surface area contributed by atoms with Gasteiger partial charge in [-0.25, -0.2) is 4.98 Å². The molecule has 1 fully saturated rings. The molecule has 1 amide bonds. The van der Waals surface area contributed by atoms with Crippen LogP contribution in [0.2, 0.25) is 5.02 Å². The summed E-state index contributed by atoms with van der Waals surface area (Å²) in [6.45, 7) is 0.638. The fourth-order valence-electron chi connectivity index (χ4n) is 3.42. The van der Waals surface area contributed by atoms with Gasteiger partial charge in [-0.2, -0.15) is 5.26 Å². The molecule has 1 aliphatic carbocycles. The molecule has 1 aromatic heterocycles. The van der Waals surface area contributed by atoms with Crippen LogP contribution in [0.3, 0.4) is 0 Å². The van der Waals surface area contributed by atoms with Crippen LogP contribution < -0.4 is 14.8 Å². The van der Waals surface area contributed by atoms with Crippen LogP contribution in [0.1, 0.15) is 54.6 Å². The van der Waals surface area contributed by atoms with Crippen molar-refractivity contribution in [2.45, 2.75) is 50.7 Å². The zero-order valence-electron chi connectivity index (χ0n) is 17.2. The van der Waals surface area contributed by atoms with E-state index in [2.05, 4.69) is 26.2 Å². The van der Waals surface area contributed by atoms with E-state index >= 15 is 0 Å². The van der Waals surface area contributed by atoms with Crippen molar-refractivity contribution >= 4 is 33.4 Å². The maximum atomic E-state index is 12.5. The lowest BCUT2D eigenvalue weighted by atomic mass is 9.92. The summed E-state index contributed by atoms with van der Waals surface area (Å²) in [7, 11) is 0. The second-order valence-electron chi connectivity index (χ2n) is 7.44. The number of hydrogen-bond donors (Lipinski definition) is 1. The van der Waals surface area contributed by atoms with Crippen molar-refractivity contribution in [1.29, 1.82) is 5.26 Å². The molecule has 1 heterocycles. The molecule has 0 radical (unpaired) electrons. The van der Waals surface area contributed by atoms with Gasteiger partial charge in [-0.3, -0.25) is 4.79 Å². The molecule has 31 heavy (non-hydrogen) atoms. The Kier molecular flexibility index (Phi) is 8.98. The standard InChI is InChI=1S/C23H25BrClN3O3/c24-11-1-2-12-30-20-9-10-22(27-15-20)23(29)28-17-4-7-18(8-5-17)31-19-6-3-16(14-26)21(25)13-19/h3,6,9-10,13,15,17-18H,1-2,4-5,7-8,11-12H2,(H,28,29)/t17-,18-. The summed E-state index contributed by atoms with van der Waals surface area (Å²) in [6.07, 6.45) is 7.01. The first-order chi connectivity index (χ1) is 15.1. The number of carbonyl (C=O) groups is 1. The molecule has 0 unspecified atom stereocenters. The van der Waals surface area contributed by atoms with E-state index in [-0.39, 0.29) is 18.1 Å². The van der Waals surface area contributed by atoms with Gasteiger partial charge in [-0.05, 0) is 62.8 Å². The lowest BCUT2D eigenvalue weighted by Crippen LogP contribution is -2.40. The first kappa shape index (κ1) is 23.4. The second-order valence-corrected chi connectivity index (χ2v) is 8.64. The number of ether oxygens (including phenoxy) is 2. The Morgan fingerprint density at radius 3 is 2.61 bits per heavy atom. The number of rotatable bonds is 9. The molecular formula is C23H25BrClN3O3. The molecule has 2 aromatic rings. The minimum atomic E-state index is -0.172. The highest BCUT2D eigenvalue weighted by atomic mass is 79.9. The summed E-state index contributed by atoms with van der Waals surface area (Å²) in [5, 5.41) is 13.4. The van der Waals surface area contributed by atoms with Gasteiger partial charge < -0.3 is 14.8 Å². The summed E-state index contributed by atoms with van der Waals surface area (Å²) in [5.74, 6) is 1.16. The van der Waals surface area contributed by atoms with E-state index in [4.69, 9.17) is 26.3 Å². The van der Waals surface area contributed by atoms with Crippen molar-refractivity contribution in [3.8, 4) is 17.6 Å². The van der Waals surface area contributed by atoms with Crippen LogP contribution in [-0.2, 0) is 0 Å². The van der Waals surface area contributed by atoms with Crippen LogP contribution in [0.4, 0.5) is 0 Å². The number of nitriles is 1. The molecule has 1 saturated carbocycles. The van der Waals surface area contributed by atoms with Gasteiger partial charge in [0.15, 0.2) is 0 Å². The van der Waals surface area contributed by atoms with E-state index < -0.39 is 0 Å². The molecule has 8 heteroatoms. The summed E-state index contributed by atoms with van der Waals surface area (Å²) in [4.78, 5) is 16.7. The molecule has 0 saturated heterocycles. The number of nitrogens with zero attached hydrogens (tertiary/aromatic N) is 2. The summed E-state index contributed by atoms with van der Waals surface area (Å²) in [5.41, 5.74) is 0.821. The molecular weight excluding hydrogens is 482 g/mol. The summed E-state index contributed by atoms with van der Waals surface area (Å²) in [6, 6.07) is 10.7. The van der Waals surface area contributed by atoms with Crippen LogP contribution in [0.5, 0.6) is 11.5 Å². The van der Waals surface area contributed by atoms with Gasteiger partial charge in [0.2, 0.25) is 0 Å². The lowest BCUT2D eigenvalue weighted by molar-refractivity contribution is 0.0889. The zero-order chi connectivity index (χ0) is 22.1. The van der Waals surface area contributed by atoms with Gasteiger partial charge in [-0.1, -0.05) is 27.5 Å². The third kappa shape index (κ3) is 7.12. The van der Waals surface area contributed by atoms with Crippen molar-refractivity contribution in [3.63, 3.8) is 0 Å². The molecule has 0 aliphatic heterocycles. The topological polar surface area (TPSA) is 84.2 Å². The van der Waals surface area contributed by atoms with Crippen LogP contribution in [0, 0.1) is 11.3 Å². The molecule has 1 N–H and O–H groups in total. The quantitative estimate of drug-likeness (QED) is 0.369. The predicted octanol–water partition coefficient (Wildman–Crippen LogP) is 5.28. The first-order valence-electron chi connectivity index (χ1n) is 10.4. The number of nitrogens with one attached hydrogen (secondary N) is 1. The zero-order valence-corrected chi connectivity index (χ0v) is 19.5. The van der Waals surface area contributed by atoms with E-state index in [9.17, 15) is 4.79 Å². The average molecular weight is 507 g/mol. The largest absolute Gasteiger partial charge is 0.492 e. The molecule has 164 valence electrons. The Morgan fingerprint density at radius 2 is 1.97 bits per heavy atom. The number of hydrogen-bond acceptors (Lipinski definition) is 5. The van der Waals surface area contributed by atoms with Gasteiger partial charge in [0.25, 0.3) is 5.91 Å². The molecule has 3 rings (SSSR count). The van der Waals surface area contributed by atoms with Gasteiger partial charge in [-0.15, -0.1) is 0 Å². The van der Waals surface area contributed by atoms with E-state index in [1.807, 2.05) is 6.07 Å². The van der Waals surface area contributed by atoms with Crippen molar-refractivity contribution in [2.24, 2.45) is 0 Å². The summed E-state index contributed by atoms with van der Waals surface area (Å²) >= 11 is 9.46. The molecule has 1 aliphatic rings. The molecule has 0 spiro atoms. The molecule has 0 bridgehead atoms. The number of halogens is 2. The lowest BCUT2D eigenvalue weighted by Gasteiger charge is -2.29. The normalized spacial score (nSPS) is 18.1. The monoisotopic (exact) mass is 505 g/mol. The van der Waals surface area contributed by atoms with Gasteiger partial charge in [0.1, 0.15) is 23.3 Å². The Bertz CT molecular complexity index is 909. The maximum absolute atomic E-state index is 12.5. The Hall–Kier alpha value is -2.30. The third-order valence-corrected chi connectivity index (χ3v) is 6.01. The van der Waals surface area contributed by atoms with Crippen molar-refractivity contribution in [3.05, 3.63) is 52.8 Å². The molecule has 1 aromatic carbocycles. The maximum Gasteiger partial charge on any atom is 0.270 e. The minimum Gasteiger partial charge on any atom is -0.492 e. The van der Waals surface area contributed by atoms with E-state index in [0.29, 0.717) is 34.4 Å². The number of benzene rings is 1. The summed E-state index contributed by atoms with van der Waals surface area (Å²) < 4.78 is 11.6. The van der Waals surface area contributed by atoms with Crippen LogP contribution in [0.15, 0.2) is 36.5 Å². The Balaban J connectivity index is 1.42. The fraction of sp³-hybridized carbons (Fsp3) is 0.435. The number of alkyl halides is 1. The van der Waals surface area contributed by atoms with E-state index in [1.165, 1.54) is 0 Å². The minimum absolute atomic E-state index is 0.0660. The van der Waals surface area contributed by atoms with Gasteiger partial charge >= 0.3 is 0 Å².